The molecule has 5 nitrogen and oxygen atoms in total. The standard InChI is InChI=1S/C15H20N2O3/c1-3-8-16-14(18)10-17(4-2)9-12-6-5-7-13-15(12)20-11-19-13/h3,5-7H,1,4,8-11H2,2H3,(H,16,18). The molecule has 1 aliphatic rings. The Bertz CT molecular complexity index is 488. The maximum Gasteiger partial charge on any atom is 0.234 e. The normalized spacial score (nSPS) is 12.5. The minimum atomic E-state index is -0.00325. The van der Waals surface area contributed by atoms with Crippen molar-refractivity contribution < 1.29 is 14.3 Å². The van der Waals surface area contributed by atoms with Gasteiger partial charge in [0.1, 0.15) is 0 Å². The third kappa shape index (κ3) is 3.51. The number of benzene rings is 1. The number of nitrogens with zero attached hydrogens (tertiary/aromatic N) is 1. The molecule has 0 bridgehead atoms. The summed E-state index contributed by atoms with van der Waals surface area (Å²) < 4.78 is 10.8. The number of rotatable bonds is 7. The highest BCUT2D eigenvalue weighted by atomic mass is 16.7. The molecule has 0 spiro atoms. The number of fused-ring (bicyclic) bond motifs is 1. The molecule has 0 radical (unpaired) electrons. The van der Waals surface area contributed by atoms with E-state index in [1.807, 2.05) is 25.1 Å². The second-order valence-corrected chi connectivity index (χ2v) is 4.55. The first-order chi connectivity index (χ1) is 9.74. The van der Waals surface area contributed by atoms with Gasteiger partial charge in [-0.15, -0.1) is 6.58 Å². The highest BCUT2D eigenvalue weighted by molar-refractivity contribution is 5.78. The van der Waals surface area contributed by atoms with E-state index in [1.54, 1.807) is 6.08 Å². The van der Waals surface area contributed by atoms with Gasteiger partial charge in [0.2, 0.25) is 12.7 Å². The van der Waals surface area contributed by atoms with E-state index in [-0.39, 0.29) is 12.7 Å². The molecule has 1 heterocycles. The smallest absolute Gasteiger partial charge is 0.234 e. The first-order valence-electron chi connectivity index (χ1n) is 6.72. The molecule has 1 aliphatic heterocycles. The summed E-state index contributed by atoms with van der Waals surface area (Å²) in [6.45, 7) is 8.16. The number of para-hydroxylation sites is 1. The van der Waals surface area contributed by atoms with E-state index < -0.39 is 0 Å². The summed E-state index contributed by atoms with van der Waals surface area (Å²) in [7, 11) is 0. The number of hydrogen-bond acceptors (Lipinski definition) is 4. The van der Waals surface area contributed by atoms with Crippen molar-refractivity contribution in [2.75, 3.05) is 26.4 Å². The van der Waals surface area contributed by atoms with Gasteiger partial charge >= 0.3 is 0 Å². The third-order valence-electron chi connectivity index (χ3n) is 3.13. The van der Waals surface area contributed by atoms with Gasteiger partial charge in [0.05, 0.1) is 6.54 Å². The zero-order valence-corrected chi connectivity index (χ0v) is 11.7. The summed E-state index contributed by atoms with van der Waals surface area (Å²) in [6.07, 6.45) is 1.67. The molecular weight excluding hydrogens is 256 g/mol. The van der Waals surface area contributed by atoms with Crippen LogP contribution in [0.4, 0.5) is 0 Å². The first-order valence-corrected chi connectivity index (χ1v) is 6.72. The molecule has 0 atom stereocenters. The number of ether oxygens (including phenoxy) is 2. The molecule has 108 valence electrons. The average Bonchev–Trinajstić information content (AvgIpc) is 2.93. The van der Waals surface area contributed by atoms with E-state index in [9.17, 15) is 4.79 Å². The van der Waals surface area contributed by atoms with Crippen molar-refractivity contribution in [3.8, 4) is 11.5 Å². The topological polar surface area (TPSA) is 50.8 Å². The van der Waals surface area contributed by atoms with Gasteiger partial charge in [-0.3, -0.25) is 9.69 Å². The van der Waals surface area contributed by atoms with Crippen molar-refractivity contribution in [3.05, 3.63) is 36.4 Å². The molecule has 1 amide bonds. The Morgan fingerprint density at radius 1 is 1.50 bits per heavy atom. The summed E-state index contributed by atoms with van der Waals surface area (Å²) in [4.78, 5) is 13.8. The fourth-order valence-electron chi connectivity index (χ4n) is 2.08. The molecule has 0 saturated carbocycles. The van der Waals surface area contributed by atoms with Crippen LogP contribution in [0.5, 0.6) is 11.5 Å². The van der Waals surface area contributed by atoms with E-state index in [2.05, 4.69) is 16.8 Å². The van der Waals surface area contributed by atoms with Gasteiger partial charge < -0.3 is 14.8 Å². The average molecular weight is 276 g/mol. The number of amides is 1. The van der Waals surface area contributed by atoms with Crippen molar-refractivity contribution in [1.82, 2.24) is 10.2 Å². The number of carbonyl (C=O) groups is 1. The van der Waals surface area contributed by atoms with Crippen LogP contribution in [0.3, 0.4) is 0 Å². The Labute approximate surface area is 119 Å². The quantitative estimate of drug-likeness (QED) is 0.768. The minimum absolute atomic E-state index is 0.00325. The first kappa shape index (κ1) is 14.4. The molecule has 20 heavy (non-hydrogen) atoms. The van der Waals surface area contributed by atoms with E-state index in [1.165, 1.54) is 0 Å². The molecule has 5 heteroatoms. The summed E-state index contributed by atoms with van der Waals surface area (Å²) in [5.41, 5.74) is 1.04. The second kappa shape index (κ2) is 6.96. The van der Waals surface area contributed by atoms with Crippen LogP contribution >= 0.6 is 0 Å². The molecular formula is C15H20N2O3. The molecule has 1 N–H and O–H groups in total. The van der Waals surface area contributed by atoms with Crippen molar-refractivity contribution in [1.29, 1.82) is 0 Å². The lowest BCUT2D eigenvalue weighted by Crippen LogP contribution is -2.36. The van der Waals surface area contributed by atoms with Crippen molar-refractivity contribution in [3.63, 3.8) is 0 Å². The highest BCUT2D eigenvalue weighted by Gasteiger charge is 2.19. The molecule has 0 aliphatic carbocycles. The van der Waals surface area contributed by atoms with Crippen molar-refractivity contribution >= 4 is 5.91 Å². The minimum Gasteiger partial charge on any atom is -0.454 e. The SMILES string of the molecule is C=CCNC(=O)CN(CC)Cc1cccc2c1OCO2. The van der Waals surface area contributed by atoms with Crippen LogP contribution in [0.25, 0.3) is 0 Å². The Morgan fingerprint density at radius 3 is 3.10 bits per heavy atom. The number of carbonyl (C=O) groups excluding carboxylic acids is 1. The molecule has 0 saturated heterocycles. The van der Waals surface area contributed by atoms with Crippen LogP contribution in [0.1, 0.15) is 12.5 Å². The Kier molecular flexibility index (Phi) is 5.01. The van der Waals surface area contributed by atoms with Gasteiger partial charge in [-0.25, -0.2) is 0 Å². The molecule has 1 aromatic carbocycles. The van der Waals surface area contributed by atoms with E-state index >= 15 is 0 Å². The number of likely N-dealkylation sites (N-methyl/N-ethyl adjacent to an activating group) is 1. The second-order valence-electron chi connectivity index (χ2n) is 4.55. The lowest BCUT2D eigenvalue weighted by atomic mass is 10.1. The fraction of sp³-hybridized carbons (Fsp3) is 0.400. The number of nitrogens with one attached hydrogen (secondary N) is 1. The van der Waals surface area contributed by atoms with E-state index in [0.29, 0.717) is 19.6 Å². The molecule has 0 fully saturated rings. The molecule has 2 rings (SSSR count). The van der Waals surface area contributed by atoms with Crippen LogP contribution in [0, 0.1) is 0 Å². The van der Waals surface area contributed by atoms with Crippen LogP contribution in [0.2, 0.25) is 0 Å². The zero-order chi connectivity index (χ0) is 14.4. The summed E-state index contributed by atoms with van der Waals surface area (Å²) in [5, 5.41) is 2.78. The van der Waals surface area contributed by atoms with Gasteiger partial charge in [-0.05, 0) is 12.6 Å². The summed E-state index contributed by atoms with van der Waals surface area (Å²) >= 11 is 0. The van der Waals surface area contributed by atoms with Crippen molar-refractivity contribution in [2.45, 2.75) is 13.5 Å². The van der Waals surface area contributed by atoms with Crippen LogP contribution in [-0.2, 0) is 11.3 Å². The lowest BCUT2D eigenvalue weighted by molar-refractivity contribution is -0.122. The van der Waals surface area contributed by atoms with E-state index in [4.69, 9.17) is 9.47 Å². The van der Waals surface area contributed by atoms with Gasteiger partial charge in [0.15, 0.2) is 11.5 Å². The molecule has 0 aromatic heterocycles. The maximum absolute atomic E-state index is 11.7. The van der Waals surface area contributed by atoms with Crippen LogP contribution < -0.4 is 14.8 Å². The summed E-state index contributed by atoms with van der Waals surface area (Å²) in [6, 6.07) is 5.82. The summed E-state index contributed by atoms with van der Waals surface area (Å²) in [5.74, 6) is 1.56. The van der Waals surface area contributed by atoms with Gasteiger partial charge in [0, 0.05) is 18.7 Å². The third-order valence-corrected chi connectivity index (χ3v) is 3.13. The predicted octanol–water partition coefficient (Wildman–Crippen LogP) is 1.54. The zero-order valence-electron chi connectivity index (χ0n) is 11.7. The highest BCUT2D eigenvalue weighted by Crippen LogP contribution is 2.35. The van der Waals surface area contributed by atoms with Gasteiger partial charge in [0.25, 0.3) is 0 Å². The van der Waals surface area contributed by atoms with Gasteiger partial charge in [-0.2, -0.15) is 0 Å². The Morgan fingerprint density at radius 2 is 2.35 bits per heavy atom. The van der Waals surface area contributed by atoms with Gasteiger partial charge in [-0.1, -0.05) is 25.1 Å². The maximum atomic E-state index is 11.7. The fourth-order valence-corrected chi connectivity index (χ4v) is 2.08. The molecule has 1 aromatic rings. The van der Waals surface area contributed by atoms with Crippen LogP contribution in [0.15, 0.2) is 30.9 Å². The lowest BCUT2D eigenvalue weighted by Gasteiger charge is -2.20. The Balaban J connectivity index is 1.98. The van der Waals surface area contributed by atoms with E-state index in [0.717, 1.165) is 23.6 Å². The molecule has 0 unspecified atom stereocenters. The Hall–Kier alpha value is -2.01. The number of hydrogen-bond donors (Lipinski definition) is 1. The predicted molar refractivity (Wildman–Crippen MR) is 76.7 cm³/mol. The monoisotopic (exact) mass is 276 g/mol. The van der Waals surface area contributed by atoms with Crippen LogP contribution in [-0.4, -0.2) is 37.2 Å². The van der Waals surface area contributed by atoms with Crippen molar-refractivity contribution in [2.24, 2.45) is 0 Å². The largest absolute Gasteiger partial charge is 0.454 e.